The van der Waals surface area contributed by atoms with E-state index in [1.165, 1.54) is 0 Å². The molecule has 1 fully saturated rings. The molecule has 0 amide bonds. The van der Waals surface area contributed by atoms with Crippen molar-refractivity contribution in [3.8, 4) is 0 Å². The number of cyclic esters (lactones) is 1. The Morgan fingerprint density at radius 3 is 2.10 bits per heavy atom. The second-order valence-corrected chi connectivity index (χ2v) is 1.93. The molecular formula is C4H3F3O3. The summed E-state index contributed by atoms with van der Waals surface area (Å²) in [7, 11) is 0. The quantitative estimate of drug-likeness (QED) is 0.495. The van der Waals surface area contributed by atoms with Crippen molar-refractivity contribution in [2.75, 3.05) is 6.61 Å². The van der Waals surface area contributed by atoms with Crippen LogP contribution in [0.2, 0.25) is 0 Å². The molecule has 0 spiro atoms. The molecule has 1 unspecified atom stereocenters. The third-order valence-electron chi connectivity index (χ3n) is 1.22. The normalized spacial score (nSPS) is 33.0. The Morgan fingerprint density at radius 1 is 1.60 bits per heavy atom. The number of carbonyl (C=O) groups is 1. The minimum atomic E-state index is -4.91. The van der Waals surface area contributed by atoms with Gasteiger partial charge in [-0.1, -0.05) is 0 Å². The summed E-state index contributed by atoms with van der Waals surface area (Å²) in [6.07, 6.45) is -4.91. The van der Waals surface area contributed by atoms with Gasteiger partial charge in [-0.25, -0.2) is 4.79 Å². The van der Waals surface area contributed by atoms with Crippen LogP contribution in [0.3, 0.4) is 0 Å². The van der Waals surface area contributed by atoms with E-state index in [1.54, 1.807) is 0 Å². The second-order valence-electron chi connectivity index (χ2n) is 1.93. The van der Waals surface area contributed by atoms with Gasteiger partial charge in [0.15, 0.2) is 0 Å². The van der Waals surface area contributed by atoms with Crippen LogP contribution in [-0.2, 0) is 9.53 Å². The van der Waals surface area contributed by atoms with Crippen LogP contribution >= 0.6 is 0 Å². The van der Waals surface area contributed by atoms with E-state index in [9.17, 15) is 18.0 Å². The number of esters is 1. The molecule has 1 rings (SSSR count). The molecule has 1 N–H and O–H groups in total. The number of rotatable bonds is 0. The molecule has 0 aromatic rings. The largest absolute Gasteiger partial charge is 0.459 e. The molecule has 0 aromatic heterocycles. The minimum absolute atomic E-state index is 0.991. The van der Waals surface area contributed by atoms with Crippen molar-refractivity contribution in [3.63, 3.8) is 0 Å². The van der Waals surface area contributed by atoms with Crippen LogP contribution in [-0.4, -0.2) is 29.5 Å². The lowest BCUT2D eigenvalue weighted by molar-refractivity contribution is -0.303. The summed E-state index contributed by atoms with van der Waals surface area (Å²) in [6, 6.07) is 0. The first-order chi connectivity index (χ1) is 4.38. The van der Waals surface area contributed by atoms with Gasteiger partial charge in [-0.3, -0.25) is 0 Å². The van der Waals surface area contributed by atoms with E-state index in [-0.39, 0.29) is 0 Å². The highest BCUT2D eigenvalue weighted by Crippen LogP contribution is 2.36. The smallest absolute Gasteiger partial charge is 0.431 e. The molecule has 1 heterocycles. The Labute approximate surface area is 53.4 Å². The molecule has 3 nitrogen and oxygen atoms in total. The van der Waals surface area contributed by atoms with E-state index in [0.29, 0.717) is 0 Å². The van der Waals surface area contributed by atoms with E-state index in [1.807, 2.05) is 0 Å². The molecule has 58 valence electrons. The maximum absolute atomic E-state index is 11.6. The highest BCUT2D eigenvalue weighted by molar-refractivity contribution is 5.85. The van der Waals surface area contributed by atoms with Gasteiger partial charge < -0.3 is 9.84 Å². The number of hydrogen-bond donors (Lipinski definition) is 1. The van der Waals surface area contributed by atoms with Crippen molar-refractivity contribution >= 4 is 5.97 Å². The van der Waals surface area contributed by atoms with Crippen molar-refractivity contribution in [1.82, 2.24) is 0 Å². The molecule has 6 heteroatoms. The Balaban J connectivity index is 2.80. The summed E-state index contributed by atoms with van der Waals surface area (Å²) in [4.78, 5) is 10.0. The molecule has 0 radical (unpaired) electrons. The van der Waals surface area contributed by atoms with Gasteiger partial charge in [-0.2, -0.15) is 13.2 Å². The van der Waals surface area contributed by atoms with Crippen molar-refractivity contribution in [3.05, 3.63) is 0 Å². The van der Waals surface area contributed by atoms with Gasteiger partial charge in [0.05, 0.1) is 0 Å². The van der Waals surface area contributed by atoms with Gasteiger partial charge in [-0.15, -0.1) is 0 Å². The Hall–Kier alpha value is -0.780. The van der Waals surface area contributed by atoms with Crippen molar-refractivity contribution in [1.29, 1.82) is 0 Å². The zero-order valence-corrected chi connectivity index (χ0v) is 4.60. The van der Waals surface area contributed by atoms with E-state index in [0.717, 1.165) is 0 Å². The van der Waals surface area contributed by atoms with Crippen LogP contribution in [0.15, 0.2) is 0 Å². The van der Waals surface area contributed by atoms with Crippen molar-refractivity contribution < 1.29 is 27.8 Å². The van der Waals surface area contributed by atoms with Gasteiger partial charge in [0.1, 0.15) is 6.61 Å². The van der Waals surface area contributed by atoms with E-state index < -0.39 is 24.4 Å². The molecule has 1 aliphatic heterocycles. The standard InChI is InChI=1S/C4H3F3O3/c5-4(6,7)3(9)1-10-2(3)8/h9H,1H2. The number of hydrogen-bond acceptors (Lipinski definition) is 3. The molecule has 1 aliphatic rings. The number of carbonyl (C=O) groups excluding carboxylic acids is 1. The van der Waals surface area contributed by atoms with Gasteiger partial charge in [0.2, 0.25) is 0 Å². The second kappa shape index (κ2) is 1.63. The minimum Gasteiger partial charge on any atom is -0.459 e. The summed E-state index contributed by atoms with van der Waals surface area (Å²) in [5.74, 6) is -1.63. The Kier molecular flexibility index (Phi) is 1.19. The average molecular weight is 156 g/mol. The fourth-order valence-corrected chi connectivity index (χ4v) is 0.465. The van der Waals surface area contributed by atoms with E-state index in [2.05, 4.69) is 4.74 Å². The maximum Gasteiger partial charge on any atom is 0.431 e. The van der Waals surface area contributed by atoms with Crippen LogP contribution in [0.4, 0.5) is 13.2 Å². The third-order valence-corrected chi connectivity index (χ3v) is 1.22. The van der Waals surface area contributed by atoms with Crippen LogP contribution < -0.4 is 0 Å². The number of halogens is 3. The lowest BCUT2D eigenvalue weighted by Crippen LogP contribution is -2.64. The van der Waals surface area contributed by atoms with Gasteiger partial charge in [-0.05, 0) is 0 Å². The lowest BCUT2D eigenvalue weighted by Gasteiger charge is -2.34. The number of ether oxygens (including phenoxy) is 1. The first kappa shape index (κ1) is 7.33. The van der Waals surface area contributed by atoms with E-state index in [4.69, 9.17) is 5.11 Å². The zero-order chi connectivity index (χ0) is 7.99. The zero-order valence-electron chi connectivity index (χ0n) is 4.60. The first-order valence-corrected chi connectivity index (χ1v) is 2.34. The molecule has 1 saturated heterocycles. The Bertz CT molecular complexity index is 175. The topological polar surface area (TPSA) is 46.5 Å². The van der Waals surface area contributed by atoms with Crippen LogP contribution in [0.1, 0.15) is 0 Å². The molecule has 0 aromatic carbocycles. The average Bonchev–Trinajstić information content (AvgIpc) is 1.80. The molecule has 0 saturated carbocycles. The number of aliphatic hydroxyl groups is 1. The number of alkyl halides is 3. The first-order valence-electron chi connectivity index (χ1n) is 2.34. The van der Waals surface area contributed by atoms with Gasteiger partial charge in [0.25, 0.3) is 5.60 Å². The highest BCUT2D eigenvalue weighted by Gasteiger charge is 2.67. The molecule has 1 atom stereocenters. The van der Waals surface area contributed by atoms with E-state index >= 15 is 0 Å². The predicted octanol–water partition coefficient (Wildman–Crippen LogP) is -0.163. The summed E-state index contributed by atoms with van der Waals surface area (Å²) >= 11 is 0. The molecule has 0 aliphatic carbocycles. The monoisotopic (exact) mass is 156 g/mol. The van der Waals surface area contributed by atoms with Crippen LogP contribution in [0.25, 0.3) is 0 Å². The van der Waals surface area contributed by atoms with Crippen molar-refractivity contribution in [2.24, 2.45) is 0 Å². The summed E-state index contributed by atoms with van der Waals surface area (Å²) in [6.45, 7) is -0.991. The fraction of sp³-hybridized carbons (Fsp3) is 0.750. The van der Waals surface area contributed by atoms with Crippen molar-refractivity contribution in [2.45, 2.75) is 11.8 Å². The lowest BCUT2D eigenvalue weighted by atomic mass is 10.0. The fourth-order valence-electron chi connectivity index (χ4n) is 0.465. The SMILES string of the molecule is O=C1OCC1(O)C(F)(F)F. The van der Waals surface area contributed by atoms with Crippen LogP contribution in [0.5, 0.6) is 0 Å². The molecule has 10 heavy (non-hydrogen) atoms. The predicted molar refractivity (Wildman–Crippen MR) is 22.0 cm³/mol. The van der Waals surface area contributed by atoms with Gasteiger partial charge >= 0.3 is 12.1 Å². The van der Waals surface area contributed by atoms with Crippen LogP contribution in [0, 0.1) is 0 Å². The highest BCUT2D eigenvalue weighted by atomic mass is 19.4. The molecule has 0 bridgehead atoms. The summed E-state index contributed by atoms with van der Waals surface area (Å²) < 4.78 is 38.5. The van der Waals surface area contributed by atoms with Gasteiger partial charge in [0, 0.05) is 0 Å². The maximum atomic E-state index is 11.6. The summed E-state index contributed by atoms with van der Waals surface area (Å²) in [5.41, 5.74) is -3.24. The molecular weight excluding hydrogens is 153 g/mol. The Morgan fingerprint density at radius 2 is 2.10 bits per heavy atom. The third kappa shape index (κ3) is 0.683. The summed E-state index contributed by atoms with van der Waals surface area (Å²) in [5, 5.41) is 8.42.